The zero-order chi connectivity index (χ0) is 21.4. The standard InChI is InChI=1S/C23H20FNO4S/c1-12(2)29-16-8-6-13(7-9-16)17-11-18(26)25-20-19(14-4-3-5-15(24)10-14)22(23(27)28)30-21(17)20/h3-10,12,17H,11H2,1-2H3,(H,25,26)(H,27,28)/t17-/m0/s1. The van der Waals surface area contributed by atoms with Crippen LogP contribution in [-0.4, -0.2) is 23.1 Å². The number of carbonyl (C=O) groups excluding carboxylic acids is 1. The van der Waals surface area contributed by atoms with Gasteiger partial charge in [0.2, 0.25) is 5.91 Å². The Kier molecular flexibility index (Phi) is 5.30. The van der Waals surface area contributed by atoms with Gasteiger partial charge in [-0.15, -0.1) is 11.3 Å². The second kappa shape index (κ2) is 7.91. The van der Waals surface area contributed by atoms with Gasteiger partial charge in [-0.1, -0.05) is 24.3 Å². The number of hydrogen-bond acceptors (Lipinski definition) is 4. The van der Waals surface area contributed by atoms with Crippen LogP contribution >= 0.6 is 11.3 Å². The van der Waals surface area contributed by atoms with Gasteiger partial charge in [-0.05, 0) is 49.2 Å². The number of anilines is 1. The van der Waals surface area contributed by atoms with E-state index in [-0.39, 0.29) is 29.2 Å². The Labute approximate surface area is 177 Å². The fourth-order valence-electron chi connectivity index (χ4n) is 3.68. The van der Waals surface area contributed by atoms with Gasteiger partial charge in [-0.3, -0.25) is 4.79 Å². The first-order valence-electron chi connectivity index (χ1n) is 9.56. The van der Waals surface area contributed by atoms with Gasteiger partial charge in [0.25, 0.3) is 0 Å². The summed E-state index contributed by atoms with van der Waals surface area (Å²) >= 11 is 1.12. The minimum absolute atomic E-state index is 0.0483. The normalized spacial score (nSPS) is 15.6. The number of nitrogens with one attached hydrogen (secondary N) is 1. The van der Waals surface area contributed by atoms with Crippen molar-refractivity contribution in [2.75, 3.05) is 5.32 Å². The third-order valence-corrected chi connectivity index (χ3v) is 6.16. The number of fused-ring (bicyclic) bond motifs is 1. The smallest absolute Gasteiger partial charge is 0.346 e. The van der Waals surface area contributed by atoms with E-state index < -0.39 is 11.8 Å². The molecular weight excluding hydrogens is 405 g/mol. The van der Waals surface area contributed by atoms with Crippen molar-refractivity contribution in [3.05, 3.63) is 69.7 Å². The summed E-state index contributed by atoms with van der Waals surface area (Å²) in [6.07, 6.45) is 0.256. The lowest BCUT2D eigenvalue weighted by Crippen LogP contribution is -2.22. The van der Waals surface area contributed by atoms with Crippen molar-refractivity contribution >= 4 is 28.9 Å². The molecule has 0 fully saturated rings. The molecule has 2 heterocycles. The summed E-state index contributed by atoms with van der Waals surface area (Å²) in [6, 6.07) is 13.2. The van der Waals surface area contributed by atoms with Gasteiger partial charge in [-0.2, -0.15) is 0 Å². The van der Waals surface area contributed by atoms with E-state index in [4.69, 9.17) is 4.74 Å². The van der Waals surface area contributed by atoms with Crippen LogP contribution in [0.3, 0.4) is 0 Å². The average molecular weight is 425 g/mol. The zero-order valence-corrected chi connectivity index (χ0v) is 17.3. The molecule has 1 aliphatic rings. The van der Waals surface area contributed by atoms with Crippen LogP contribution in [-0.2, 0) is 4.79 Å². The molecule has 0 bridgehead atoms. The van der Waals surface area contributed by atoms with Crippen LogP contribution < -0.4 is 10.1 Å². The minimum Gasteiger partial charge on any atom is -0.491 e. The summed E-state index contributed by atoms with van der Waals surface area (Å²) in [5, 5.41) is 12.6. The van der Waals surface area contributed by atoms with Crippen LogP contribution in [0.4, 0.5) is 10.1 Å². The van der Waals surface area contributed by atoms with E-state index in [0.717, 1.165) is 27.5 Å². The largest absolute Gasteiger partial charge is 0.491 e. The molecule has 4 rings (SSSR count). The van der Waals surface area contributed by atoms with E-state index in [1.54, 1.807) is 6.07 Å². The number of carboxylic acid groups (broad SMARTS) is 1. The highest BCUT2D eigenvalue weighted by Crippen LogP contribution is 2.49. The molecule has 30 heavy (non-hydrogen) atoms. The molecule has 154 valence electrons. The van der Waals surface area contributed by atoms with E-state index in [9.17, 15) is 19.1 Å². The van der Waals surface area contributed by atoms with Gasteiger partial charge in [0.15, 0.2) is 0 Å². The number of thiophene rings is 1. The van der Waals surface area contributed by atoms with Gasteiger partial charge in [0, 0.05) is 22.8 Å². The molecule has 1 aliphatic heterocycles. The van der Waals surface area contributed by atoms with Crippen LogP contribution in [0.5, 0.6) is 5.75 Å². The number of carbonyl (C=O) groups is 2. The number of rotatable bonds is 5. The summed E-state index contributed by atoms with van der Waals surface area (Å²) in [5.41, 5.74) is 2.12. The number of amides is 1. The monoisotopic (exact) mass is 425 g/mol. The van der Waals surface area contributed by atoms with E-state index >= 15 is 0 Å². The first-order valence-corrected chi connectivity index (χ1v) is 10.4. The second-order valence-electron chi connectivity index (χ2n) is 7.40. The van der Waals surface area contributed by atoms with Gasteiger partial charge in [-0.25, -0.2) is 9.18 Å². The van der Waals surface area contributed by atoms with Crippen LogP contribution in [0.25, 0.3) is 11.1 Å². The molecule has 0 unspecified atom stereocenters. The zero-order valence-electron chi connectivity index (χ0n) is 16.4. The Bertz CT molecular complexity index is 1120. The van der Waals surface area contributed by atoms with Crippen molar-refractivity contribution < 1.29 is 23.8 Å². The Morgan fingerprint density at radius 2 is 1.97 bits per heavy atom. The highest BCUT2D eigenvalue weighted by molar-refractivity contribution is 7.15. The minimum atomic E-state index is -1.11. The lowest BCUT2D eigenvalue weighted by atomic mass is 9.88. The maximum Gasteiger partial charge on any atom is 0.346 e. The predicted octanol–water partition coefficient (Wildman–Crippen LogP) is 5.51. The first-order chi connectivity index (χ1) is 14.3. The average Bonchev–Trinajstić information content (AvgIpc) is 3.07. The summed E-state index contributed by atoms with van der Waals surface area (Å²) in [4.78, 5) is 25.3. The summed E-state index contributed by atoms with van der Waals surface area (Å²) in [6.45, 7) is 3.89. The van der Waals surface area contributed by atoms with E-state index in [1.165, 1.54) is 18.2 Å². The Hall–Kier alpha value is -3.19. The summed E-state index contributed by atoms with van der Waals surface area (Å²) in [7, 11) is 0. The molecule has 0 spiro atoms. The van der Waals surface area contributed by atoms with Gasteiger partial charge in [0.1, 0.15) is 16.4 Å². The number of ether oxygens (including phenoxy) is 1. The maximum atomic E-state index is 13.8. The van der Waals surface area contributed by atoms with E-state index in [1.807, 2.05) is 38.1 Å². The molecule has 2 aromatic carbocycles. The van der Waals surface area contributed by atoms with Crippen molar-refractivity contribution in [2.45, 2.75) is 32.3 Å². The fraction of sp³-hybridized carbons (Fsp3) is 0.217. The molecule has 3 aromatic rings. The van der Waals surface area contributed by atoms with Crippen molar-refractivity contribution in [3.63, 3.8) is 0 Å². The number of benzene rings is 2. The molecule has 2 N–H and O–H groups in total. The van der Waals surface area contributed by atoms with Crippen LogP contribution in [0.1, 0.15) is 46.3 Å². The highest BCUT2D eigenvalue weighted by Gasteiger charge is 2.34. The SMILES string of the molecule is CC(C)Oc1ccc([C@@H]2CC(=O)Nc3c2sc(C(=O)O)c3-c2cccc(F)c2)cc1. The Balaban J connectivity index is 1.83. The number of aromatic carboxylic acids is 1. The molecule has 0 saturated carbocycles. The molecular formula is C23H20FNO4S. The Morgan fingerprint density at radius 1 is 1.23 bits per heavy atom. The van der Waals surface area contributed by atoms with Crippen LogP contribution in [0.15, 0.2) is 48.5 Å². The van der Waals surface area contributed by atoms with Crippen molar-refractivity contribution in [1.82, 2.24) is 0 Å². The predicted molar refractivity (Wildman–Crippen MR) is 114 cm³/mol. The molecule has 7 heteroatoms. The third kappa shape index (κ3) is 3.80. The summed E-state index contributed by atoms with van der Waals surface area (Å²) < 4.78 is 19.5. The quantitative estimate of drug-likeness (QED) is 0.565. The van der Waals surface area contributed by atoms with Crippen LogP contribution in [0, 0.1) is 5.82 Å². The maximum absolute atomic E-state index is 13.8. The number of hydrogen-bond donors (Lipinski definition) is 2. The van der Waals surface area contributed by atoms with Gasteiger partial charge < -0.3 is 15.2 Å². The number of carboxylic acids is 1. The number of halogens is 1. The third-order valence-electron chi connectivity index (χ3n) is 4.87. The van der Waals surface area contributed by atoms with Gasteiger partial charge in [0.05, 0.1) is 11.8 Å². The van der Waals surface area contributed by atoms with Crippen molar-refractivity contribution in [2.24, 2.45) is 0 Å². The molecule has 0 aliphatic carbocycles. The van der Waals surface area contributed by atoms with E-state index in [2.05, 4.69) is 5.32 Å². The lowest BCUT2D eigenvalue weighted by molar-refractivity contribution is -0.116. The first kappa shape index (κ1) is 20.1. The fourth-order valence-corrected chi connectivity index (χ4v) is 4.92. The molecule has 5 nitrogen and oxygen atoms in total. The van der Waals surface area contributed by atoms with Gasteiger partial charge >= 0.3 is 5.97 Å². The molecule has 1 atom stereocenters. The van der Waals surface area contributed by atoms with Crippen molar-refractivity contribution in [3.8, 4) is 16.9 Å². The Morgan fingerprint density at radius 3 is 2.60 bits per heavy atom. The van der Waals surface area contributed by atoms with Crippen molar-refractivity contribution in [1.29, 1.82) is 0 Å². The highest BCUT2D eigenvalue weighted by atomic mass is 32.1. The molecule has 0 radical (unpaired) electrons. The molecule has 1 aromatic heterocycles. The molecule has 1 amide bonds. The second-order valence-corrected chi connectivity index (χ2v) is 8.45. The van der Waals surface area contributed by atoms with Crippen LogP contribution in [0.2, 0.25) is 0 Å². The van der Waals surface area contributed by atoms with E-state index in [0.29, 0.717) is 16.8 Å². The molecule has 0 saturated heterocycles. The lowest BCUT2D eigenvalue weighted by Gasteiger charge is -2.24. The topological polar surface area (TPSA) is 75.6 Å². The summed E-state index contributed by atoms with van der Waals surface area (Å²) in [5.74, 6) is -1.34.